The first-order valence-electron chi connectivity index (χ1n) is 7.51. The van der Waals surface area contributed by atoms with E-state index in [2.05, 4.69) is 10.3 Å². The maximum atomic E-state index is 12.3. The molecule has 0 radical (unpaired) electrons. The van der Waals surface area contributed by atoms with Crippen molar-refractivity contribution in [2.45, 2.75) is 19.9 Å². The van der Waals surface area contributed by atoms with E-state index in [0.29, 0.717) is 11.4 Å². The SMILES string of the molecule is COc1ccc(CCNC(=O)c2sc(CN(C)C)nc2C)cc1. The summed E-state index contributed by atoms with van der Waals surface area (Å²) >= 11 is 1.47. The zero-order valence-corrected chi connectivity index (χ0v) is 14.9. The van der Waals surface area contributed by atoms with Crippen LogP contribution in [0.4, 0.5) is 0 Å². The number of amides is 1. The second-order valence-corrected chi connectivity index (χ2v) is 6.70. The molecule has 1 heterocycles. The van der Waals surface area contributed by atoms with Gasteiger partial charge < -0.3 is 15.0 Å². The molecule has 1 aromatic heterocycles. The van der Waals surface area contributed by atoms with Crippen LogP contribution in [-0.2, 0) is 13.0 Å². The number of aromatic nitrogens is 1. The van der Waals surface area contributed by atoms with E-state index in [1.54, 1.807) is 7.11 Å². The topological polar surface area (TPSA) is 54.5 Å². The van der Waals surface area contributed by atoms with Gasteiger partial charge in [0.2, 0.25) is 0 Å². The second kappa shape index (κ2) is 8.08. The Labute approximate surface area is 141 Å². The number of rotatable bonds is 7. The molecule has 0 fully saturated rings. The average molecular weight is 333 g/mol. The fourth-order valence-electron chi connectivity index (χ4n) is 2.19. The van der Waals surface area contributed by atoms with E-state index in [9.17, 15) is 4.79 Å². The molecule has 1 amide bonds. The molecule has 0 atom stereocenters. The number of methoxy groups -OCH3 is 1. The van der Waals surface area contributed by atoms with E-state index >= 15 is 0 Å². The van der Waals surface area contributed by atoms with Crippen molar-refractivity contribution in [2.24, 2.45) is 0 Å². The Balaban J connectivity index is 1.87. The van der Waals surface area contributed by atoms with Crippen molar-refractivity contribution in [2.75, 3.05) is 27.7 Å². The number of hydrogen-bond donors (Lipinski definition) is 1. The Morgan fingerprint density at radius 2 is 2.00 bits per heavy atom. The van der Waals surface area contributed by atoms with Crippen LogP contribution < -0.4 is 10.1 Å². The molecule has 2 rings (SSSR count). The number of carbonyl (C=O) groups excluding carboxylic acids is 1. The van der Waals surface area contributed by atoms with Crippen LogP contribution in [0.15, 0.2) is 24.3 Å². The zero-order valence-electron chi connectivity index (χ0n) is 14.0. The summed E-state index contributed by atoms with van der Waals surface area (Å²) in [6.45, 7) is 3.24. The Morgan fingerprint density at radius 1 is 1.30 bits per heavy atom. The monoisotopic (exact) mass is 333 g/mol. The van der Waals surface area contributed by atoms with Crippen molar-refractivity contribution < 1.29 is 9.53 Å². The number of hydrogen-bond acceptors (Lipinski definition) is 5. The van der Waals surface area contributed by atoms with Crippen LogP contribution in [-0.4, -0.2) is 43.5 Å². The lowest BCUT2D eigenvalue weighted by Gasteiger charge is -2.06. The molecular weight excluding hydrogens is 310 g/mol. The Bertz CT molecular complexity index is 650. The number of thiazole rings is 1. The molecule has 0 aliphatic carbocycles. The summed E-state index contributed by atoms with van der Waals surface area (Å²) in [4.78, 5) is 19.5. The summed E-state index contributed by atoms with van der Waals surface area (Å²) in [5.74, 6) is 0.796. The summed E-state index contributed by atoms with van der Waals surface area (Å²) in [5, 5.41) is 3.94. The highest BCUT2D eigenvalue weighted by atomic mass is 32.1. The number of nitrogens with one attached hydrogen (secondary N) is 1. The molecule has 0 spiro atoms. The number of nitrogens with zero attached hydrogens (tertiary/aromatic N) is 2. The standard InChI is InChI=1S/C17H23N3O2S/c1-12-16(23-15(19-12)11-20(2)3)17(21)18-10-9-13-5-7-14(22-4)8-6-13/h5-8H,9-11H2,1-4H3,(H,18,21). The van der Waals surface area contributed by atoms with Crippen LogP contribution in [0.2, 0.25) is 0 Å². The summed E-state index contributed by atoms with van der Waals surface area (Å²) in [6.07, 6.45) is 0.790. The minimum Gasteiger partial charge on any atom is -0.497 e. The van der Waals surface area contributed by atoms with Crippen molar-refractivity contribution in [3.8, 4) is 5.75 Å². The summed E-state index contributed by atoms with van der Waals surface area (Å²) < 4.78 is 5.13. The maximum absolute atomic E-state index is 12.3. The average Bonchev–Trinajstić information content (AvgIpc) is 2.87. The third kappa shape index (κ3) is 5.04. The van der Waals surface area contributed by atoms with Gasteiger partial charge in [-0.3, -0.25) is 4.79 Å². The molecule has 5 nitrogen and oxygen atoms in total. The Kier molecular flexibility index (Phi) is 6.12. The van der Waals surface area contributed by atoms with Crippen LogP contribution in [0.1, 0.15) is 25.9 Å². The minimum absolute atomic E-state index is 0.0430. The number of benzene rings is 1. The van der Waals surface area contributed by atoms with Crippen molar-refractivity contribution in [3.63, 3.8) is 0 Å². The van der Waals surface area contributed by atoms with Crippen molar-refractivity contribution in [1.29, 1.82) is 0 Å². The number of carbonyl (C=O) groups is 1. The van der Waals surface area contributed by atoms with Gasteiger partial charge in [0.05, 0.1) is 12.8 Å². The molecular formula is C17H23N3O2S. The molecule has 0 saturated heterocycles. The van der Waals surface area contributed by atoms with Crippen LogP contribution in [0.25, 0.3) is 0 Å². The lowest BCUT2D eigenvalue weighted by atomic mass is 10.1. The number of aryl methyl sites for hydroxylation is 1. The van der Waals surface area contributed by atoms with Gasteiger partial charge >= 0.3 is 0 Å². The Hall–Kier alpha value is -1.92. The smallest absolute Gasteiger partial charge is 0.263 e. The predicted molar refractivity (Wildman–Crippen MR) is 93.3 cm³/mol. The lowest BCUT2D eigenvalue weighted by molar-refractivity contribution is 0.0957. The molecule has 0 aliphatic rings. The summed E-state index contributed by atoms with van der Waals surface area (Å²) in [7, 11) is 5.63. The minimum atomic E-state index is -0.0430. The van der Waals surface area contributed by atoms with E-state index in [1.807, 2.05) is 50.2 Å². The van der Waals surface area contributed by atoms with Crippen LogP contribution in [0.5, 0.6) is 5.75 Å². The maximum Gasteiger partial charge on any atom is 0.263 e. The molecule has 2 aromatic rings. The van der Waals surface area contributed by atoms with E-state index < -0.39 is 0 Å². The van der Waals surface area contributed by atoms with Gasteiger partial charge in [-0.15, -0.1) is 11.3 Å². The van der Waals surface area contributed by atoms with Gasteiger partial charge in [-0.05, 0) is 45.1 Å². The van der Waals surface area contributed by atoms with Gasteiger partial charge in [-0.2, -0.15) is 0 Å². The lowest BCUT2D eigenvalue weighted by Crippen LogP contribution is -2.25. The van der Waals surface area contributed by atoms with Crippen molar-refractivity contribution in [3.05, 3.63) is 45.4 Å². The first-order chi connectivity index (χ1) is 11.0. The van der Waals surface area contributed by atoms with Gasteiger partial charge in [0.25, 0.3) is 5.91 Å². The van der Waals surface area contributed by atoms with Crippen LogP contribution in [0.3, 0.4) is 0 Å². The van der Waals surface area contributed by atoms with Crippen LogP contribution in [0, 0.1) is 6.92 Å². The van der Waals surface area contributed by atoms with Gasteiger partial charge in [-0.1, -0.05) is 12.1 Å². The second-order valence-electron chi connectivity index (χ2n) is 5.61. The highest BCUT2D eigenvalue weighted by Gasteiger charge is 2.15. The molecule has 0 unspecified atom stereocenters. The molecule has 1 aromatic carbocycles. The molecule has 124 valence electrons. The van der Waals surface area contributed by atoms with E-state index in [4.69, 9.17) is 4.74 Å². The molecule has 1 N–H and O–H groups in total. The molecule has 23 heavy (non-hydrogen) atoms. The molecule has 0 aliphatic heterocycles. The van der Waals surface area contributed by atoms with Gasteiger partial charge in [0.15, 0.2) is 0 Å². The normalized spacial score (nSPS) is 10.8. The quantitative estimate of drug-likeness (QED) is 0.846. The first-order valence-corrected chi connectivity index (χ1v) is 8.33. The Morgan fingerprint density at radius 3 is 2.61 bits per heavy atom. The summed E-state index contributed by atoms with van der Waals surface area (Å²) in [5.41, 5.74) is 1.97. The third-order valence-electron chi connectivity index (χ3n) is 3.36. The third-order valence-corrected chi connectivity index (χ3v) is 4.50. The summed E-state index contributed by atoms with van der Waals surface area (Å²) in [6, 6.07) is 7.88. The van der Waals surface area contributed by atoms with E-state index in [-0.39, 0.29) is 5.91 Å². The van der Waals surface area contributed by atoms with Crippen molar-refractivity contribution in [1.82, 2.24) is 15.2 Å². The van der Waals surface area contributed by atoms with Gasteiger partial charge in [0.1, 0.15) is 15.6 Å². The van der Waals surface area contributed by atoms with Gasteiger partial charge in [0, 0.05) is 13.1 Å². The number of ether oxygens (including phenoxy) is 1. The fraction of sp³-hybridized carbons (Fsp3) is 0.412. The molecule has 6 heteroatoms. The van der Waals surface area contributed by atoms with E-state index in [1.165, 1.54) is 16.9 Å². The predicted octanol–water partition coefficient (Wildman–Crippen LogP) is 2.49. The molecule has 0 bridgehead atoms. The zero-order chi connectivity index (χ0) is 16.8. The van der Waals surface area contributed by atoms with Gasteiger partial charge in [-0.25, -0.2) is 4.98 Å². The van der Waals surface area contributed by atoms with Crippen molar-refractivity contribution >= 4 is 17.2 Å². The highest BCUT2D eigenvalue weighted by Crippen LogP contribution is 2.19. The highest BCUT2D eigenvalue weighted by molar-refractivity contribution is 7.13. The largest absolute Gasteiger partial charge is 0.497 e. The van der Waals surface area contributed by atoms with Crippen LogP contribution >= 0.6 is 11.3 Å². The fourth-order valence-corrected chi connectivity index (χ4v) is 3.29. The first kappa shape index (κ1) is 17.4. The molecule has 0 saturated carbocycles. The van der Waals surface area contributed by atoms with E-state index in [0.717, 1.165) is 29.4 Å².